The van der Waals surface area contributed by atoms with E-state index < -0.39 is 15.9 Å². The van der Waals surface area contributed by atoms with Crippen LogP contribution in [-0.4, -0.2) is 14.3 Å². The molecule has 0 unspecified atom stereocenters. The topological polar surface area (TPSA) is 54.5 Å². The quantitative estimate of drug-likeness (QED) is 0.375. The average Bonchev–Trinajstić information content (AvgIpc) is 2.76. The molecule has 0 spiro atoms. The zero-order chi connectivity index (χ0) is 22.2. The molecule has 0 aliphatic carbocycles. The number of aryl methyl sites for hydroxylation is 2. The van der Waals surface area contributed by atoms with E-state index in [9.17, 15) is 13.2 Å². The zero-order valence-electron chi connectivity index (χ0n) is 17.0. The van der Waals surface area contributed by atoms with Gasteiger partial charge in [-0.3, -0.25) is 4.79 Å². The summed E-state index contributed by atoms with van der Waals surface area (Å²) >= 11 is 5.95. The van der Waals surface area contributed by atoms with Crippen LogP contribution < -0.4 is 4.31 Å². The number of sulfonamides is 1. The lowest BCUT2D eigenvalue weighted by molar-refractivity contribution is 0.101. The summed E-state index contributed by atoms with van der Waals surface area (Å²) in [5.41, 5.74) is 2.17. The number of fused-ring (bicyclic) bond motifs is 1. The van der Waals surface area contributed by atoms with E-state index in [1.54, 1.807) is 25.1 Å². The summed E-state index contributed by atoms with van der Waals surface area (Å²) in [7, 11) is -4.20. The highest BCUT2D eigenvalue weighted by molar-refractivity contribution is 7.93. The van der Waals surface area contributed by atoms with Gasteiger partial charge in [0, 0.05) is 10.6 Å². The van der Waals surface area contributed by atoms with Gasteiger partial charge >= 0.3 is 0 Å². The average molecular weight is 450 g/mol. The fraction of sp³-hybridized carbons (Fsp3) is 0.0800. The van der Waals surface area contributed by atoms with Crippen molar-refractivity contribution in [3.8, 4) is 0 Å². The molecule has 156 valence electrons. The number of hydrogen-bond donors (Lipinski definition) is 0. The largest absolute Gasteiger partial charge is 0.272 e. The molecule has 31 heavy (non-hydrogen) atoms. The number of anilines is 1. The highest BCUT2D eigenvalue weighted by Gasteiger charge is 2.33. The highest BCUT2D eigenvalue weighted by Crippen LogP contribution is 2.32. The fourth-order valence-corrected chi connectivity index (χ4v) is 5.11. The Hall–Kier alpha value is -3.15. The van der Waals surface area contributed by atoms with E-state index in [-0.39, 0.29) is 4.90 Å². The molecular weight excluding hydrogens is 430 g/mol. The van der Waals surface area contributed by atoms with Gasteiger partial charge in [-0.25, -0.2) is 8.42 Å². The maximum atomic E-state index is 13.8. The van der Waals surface area contributed by atoms with Crippen LogP contribution in [0.15, 0.2) is 89.8 Å². The summed E-state index contributed by atoms with van der Waals surface area (Å²) in [5.74, 6) is -0.611. The Balaban J connectivity index is 1.97. The second-order valence-electron chi connectivity index (χ2n) is 7.35. The molecular formula is C25H20ClNO3S. The molecule has 4 nitrogen and oxygen atoms in total. The van der Waals surface area contributed by atoms with Crippen LogP contribution in [0.25, 0.3) is 10.8 Å². The molecule has 4 rings (SSSR count). The Morgan fingerprint density at radius 2 is 1.52 bits per heavy atom. The van der Waals surface area contributed by atoms with Crippen molar-refractivity contribution in [1.82, 2.24) is 0 Å². The van der Waals surface area contributed by atoms with Gasteiger partial charge in [0.25, 0.3) is 15.9 Å². The first-order chi connectivity index (χ1) is 14.8. The minimum atomic E-state index is -4.20. The molecule has 0 fully saturated rings. The van der Waals surface area contributed by atoms with Crippen molar-refractivity contribution >= 4 is 44.0 Å². The van der Waals surface area contributed by atoms with E-state index in [1.807, 2.05) is 49.4 Å². The molecule has 0 aliphatic rings. The summed E-state index contributed by atoms with van der Waals surface area (Å²) in [4.78, 5) is 13.8. The second-order valence-corrected chi connectivity index (χ2v) is 9.57. The zero-order valence-corrected chi connectivity index (χ0v) is 18.6. The first-order valence-corrected chi connectivity index (χ1v) is 11.5. The monoisotopic (exact) mass is 449 g/mol. The van der Waals surface area contributed by atoms with Crippen LogP contribution >= 0.6 is 11.6 Å². The molecule has 0 N–H and O–H groups in total. The molecule has 6 heteroatoms. The standard InChI is InChI=1S/C25H20ClNO3S/c1-17-10-11-18(2)24(16-17)27(31(29,30)21-14-12-20(26)13-15-21)25(28)23-9-5-7-19-6-3-4-8-22(19)23/h3-16H,1-2H3. The molecule has 4 aromatic rings. The van der Waals surface area contributed by atoms with Crippen molar-refractivity contribution in [1.29, 1.82) is 0 Å². The summed E-state index contributed by atoms with van der Waals surface area (Å²) in [5, 5.41) is 1.97. The Morgan fingerprint density at radius 1 is 0.839 bits per heavy atom. The van der Waals surface area contributed by atoms with E-state index in [2.05, 4.69) is 0 Å². The van der Waals surface area contributed by atoms with Crippen LogP contribution in [0.3, 0.4) is 0 Å². The Morgan fingerprint density at radius 3 is 2.26 bits per heavy atom. The van der Waals surface area contributed by atoms with Crippen molar-refractivity contribution in [2.24, 2.45) is 0 Å². The SMILES string of the molecule is Cc1ccc(C)c(N(C(=O)c2cccc3ccccc23)S(=O)(=O)c2ccc(Cl)cc2)c1. The van der Waals surface area contributed by atoms with Gasteiger partial charge in [-0.15, -0.1) is 0 Å². The van der Waals surface area contributed by atoms with Crippen LogP contribution in [0.4, 0.5) is 5.69 Å². The van der Waals surface area contributed by atoms with Gasteiger partial charge in [0.1, 0.15) is 0 Å². The van der Waals surface area contributed by atoms with Gasteiger partial charge in [0.2, 0.25) is 0 Å². The Kier molecular flexibility index (Phi) is 5.56. The summed E-state index contributed by atoms with van der Waals surface area (Å²) < 4.78 is 28.3. The lowest BCUT2D eigenvalue weighted by Gasteiger charge is -2.25. The number of amides is 1. The highest BCUT2D eigenvalue weighted by atomic mass is 35.5. The number of halogens is 1. The van der Waals surface area contributed by atoms with E-state index in [4.69, 9.17) is 11.6 Å². The summed E-state index contributed by atoms with van der Waals surface area (Å²) in [6.45, 7) is 3.65. The summed E-state index contributed by atoms with van der Waals surface area (Å²) in [6.07, 6.45) is 0. The van der Waals surface area contributed by atoms with Crippen molar-refractivity contribution in [3.63, 3.8) is 0 Å². The van der Waals surface area contributed by atoms with Crippen LogP contribution in [0.2, 0.25) is 5.02 Å². The third-order valence-electron chi connectivity index (χ3n) is 5.14. The molecule has 4 aromatic carbocycles. The van der Waals surface area contributed by atoms with E-state index in [0.29, 0.717) is 27.2 Å². The van der Waals surface area contributed by atoms with Crippen molar-refractivity contribution in [2.45, 2.75) is 18.7 Å². The molecule has 0 heterocycles. The van der Waals surface area contributed by atoms with Crippen molar-refractivity contribution < 1.29 is 13.2 Å². The maximum Gasteiger partial charge on any atom is 0.272 e. The minimum absolute atomic E-state index is 0.00797. The first kappa shape index (κ1) is 21.1. The van der Waals surface area contributed by atoms with Crippen LogP contribution in [-0.2, 0) is 10.0 Å². The van der Waals surface area contributed by atoms with E-state index >= 15 is 0 Å². The smallest absolute Gasteiger partial charge is 0.268 e. The van der Waals surface area contributed by atoms with Gasteiger partial charge in [-0.2, -0.15) is 4.31 Å². The Labute approximate surface area is 186 Å². The van der Waals surface area contributed by atoms with Gasteiger partial charge < -0.3 is 0 Å². The Bertz CT molecular complexity index is 1390. The van der Waals surface area contributed by atoms with Gasteiger partial charge in [-0.1, -0.05) is 60.1 Å². The predicted octanol–water partition coefficient (Wildman–Crippen LogP) is 6.15. The van der Waals surface area contributed by atoms with Gasteiger partial charge in [-0.05, 0) is 72.1 Å². The van der Waals surface area contributed by atoms with E-state index in [0.717, 1.165) is 15.3 Å². The van der Waals surface area contributed by atoms with Gasteiger partial charge in [0.15, 0.2) is 0 Å². The number of nitrogens with zero attached hydrogens (tertiary/aromatic N) is 1. The van der Waals surface area contributed by atoms with E-state index in [1.165, 1.54) is 24.3 Å². The number of benzene rings is 4. The summed E-state index contributed by atoms with van der Waals surface area (Å²) in [6, 6.07) is 23.9. The number of carbonyl (C=O) groups excluding carboxylic acids is 1. The first-order valence-electron chi connectivity index (χ1n) is 9.69. The molecule has 0 atom stereocenters. The second kappa shape index (κ2) is 8.17. The van der Waals surface area contributed by atoms with Crippen LogP contribution in [0.5, 0.6) is 0 Å². The lowest BCUT2D eigenvalue weighted by atomic mass is 10.0. The maximum absolute atomic E-state index is 13.8. The minimum Gasteiger partial charge on any atom is -0.268 e. The molecule has 1 amide bonds. The van der Waals surface area contributed by atoms with Gasteiger partial charge in [0.05, 0.1) is 10.6 Å². The number of hydrogen-bond acceptors (Lipinski definition) is 3. The van der Waals surface area contributed by atoms with Crippen LogP contribution in [0, 0.1) is 13.8 Å². The molecule has 0 aromatic heterocycles. The molecule has 0 bridgehead atoms. The van der Waals surface area contributed by atoms with Crippen molar-refractivity contribution in [3.05, 3.63) is 107 Å². The fourth-order valence-electron chi connectivity index (χ4n) is 3.52. The third-order valence-corrected chi connectivity index (χ3v) is 7.10. The van der Waals surface area contributed by atoms with Crippen LogP contribution in [0.1, 0.15) is 21.5 Å². The lowest BCUT2D eigenvalue weighted by Crippen LogP contribution is -2.37. The molecule has 0 aliphatic heterocycles. The molecule has 0 saturated carbocycles. The number of rotatable bonds is 4. The third kappa shape index (κ3) is 3.94. The van der Waals surface area contributed by atoms with Crippen molar-refractivity contribution in [2.75, 3.05) is 4.31 Å². The molecule has 0 saturated heterocycles. The normalized spacial score (nSPS) is 11.5. The predicted molar refractivity (Wildman–Crippen MR) is 125 cm³/mol. The molecule has 0 radical (unpaired) electrons. The number of carbonyl (C=O) groups is 1.